The summed E-state index contributed by atoms with van der Waals surface area (Å²) in [7, 11) is 3.64. The van der Waals surface area contributed by atoms with Gasteiger partial charge in [-0.25, -0.2) is 0 Å². The number of aryl methyl sites for hydroxylation is 1. The first-order valence-corrected chi connectivity index (χ1v) is 6.21. The van der Waals surface area contributed by atoms with Crippen LogP contribution in [-0.2, 0) is 4.74 Å². The van der Waals surface area contributed by atoms with Crippen LogP contribution in [0.5, 0.6) is 0 Å². The van der Waals surface area contributed by atoms with E-state index in [4.69, 9.17) is 9.15 Å². The van der Waals surface area contributed by atoms with Gasteiger partial charge in [0, 0.05) is 12.5 Å². The lowest BCUT2D eigenvalue weighted by atomic mass is 9.96. The number of ether oxygens (including phenoxy) is 1. The Labute approximate surface area is 108 Å². The fourth-order valence-electron chi connectivity index (χ4n) is 2.32. The lowest BCUT2D eigenvalue weighted by Crippen LogP contribution is -2.38. The van der Waals surface area contributed by atoms with Crippen molar-refractivity contribution in [1.82, 2.24) is 5.32 Å². The molecule has 1 aromatic heterocycles. The van der Waals surface area contributed by atoms with Crippen LogP contribution in [0.3, 0.4) is 0 Å². The predicted octanol–water partition coefficient (Wildman–Crippen LogP) is 3.43. The van der Waals surface area contributed by atoms with Gasteiger partial charge in [-0.3, -0.25) is 0 Å². The van der Waals surface area contributed by atoms with E-state index < -0.39 is 0 Å². The molecule has 1 heterocycles. The monoisotopic (exact) mass is 247 g/mol. The van der Waals surface area contributed by atoms with Crippen LogP contribution in [-0.4, -0.2) is 19.8 Å². The Balaban J connectivity index is 2.50. The summed E-state index contributed by atoms with van der Waals surface area (Å²) in [5.41, 5.74) is 1.79. The maximum absolute atomic E-state index is 6.00. The minimum Gasteiger partial charge on any atom is -0.459 e. The molecule has 1 unspecified atom stereocenters. The summed E-state index contributed by atoms with van der Waals surface area (Å²) in [6.45, 7) is 6.16. The van der Waals surface area contributed by atoms with Crippen LogP contribution < -0.4 is 5.32 Å². The highest BCUT2D eigenvalue weighted by Gasteiger charge is 2.32. The highest BCUT2D eigenvalue weighted by molar-refractivity contribution is 5.81. The van der Waals surface area contributed by atoms with Crippen LogP contribution in [0.15, 0.2) is 28.7 Å². The normalized spacial score (nSPS) is 14.1. The Bertz CT molecular complexity index is 542. The van der Waals surface area contributed by atoms with Crippen LogP contribution in [0, 0.1) is 6.92 Å². The van der Waals surface area contributed by atoms with E-state index in [-0.39, 0.29) is 11.6 Å². The van der Waals surface area contributed by atoms with Crippen LogP contribution >= 0.6 is 0 Å². The molecule has 0 aliphatic carbocycles. The molecule has 0 amide bonds. The first kappa shape index (κ1) is 13.1. The van der Waals surface area contributed by atoms with E-state index in [1.54, 1.807) is 7.11 Å². The fraction of sp³-hybridized carbons (Fsp3) is 0.467. The van der Waals surface area contributed by atoms with Crippen molar-refractivity contribution in [2.24, 2.45) is 0 Å². The maximum atomic E-state index is 6.00. The van der Waals surface area contributed by atoms with Gasteiger partial charge in [0.1, 0.15) is 11.3 Å². The van der Waals surface area contributed by atoms with Crippen molar-refractivity contribution in [2.45, 2.75) is 32.4 Å². The molecule has 0 saturated carbocycles. The van der Waals surface area contributed by atoms with Crippen LogP contribution in [0.25, 0.3) is 11.0 Å². The van der Waals surface area contributed by atoms with Crippen molar-refractivity contribution in [3.63, 3.8) is 0 Å². The third kappa shape index (κ3) is 2.16. The van der Waals surface area contributed by atoms with Gasteiger partial charge in [0.2, 0.25) is 0 Å². The number of rotatable bonds is 4. The second kappa shape index (κ2) is 4.75. The maximum Gasteiger partial charge on any atom is 0.137 e. The molecule has 2 rings (SSSR count). The molecule has 2 aromatic rings. The van der Waals surface area contributed by atoms with Crippen molar-refractivity contribution in [1.29, 1.82) is 0 Å². The van der Waals surface area contributed by atoms with Crippen molar-refractivity contribution in [3.05, 3.63) is 35.6 Å². The number of hydrogen-bond donors (Lipinski definition) is 1. The molecule has 0 bridgehead atoms. The number of fused-ring (bicyclic) bond motifs is 1. The second-order valence-corrected chi connectivity index (χ2v) is 5.17. The number of para-hydroxylation sites is 1. The zero-order valence-electron chi connectivity index (χ0n) is 11.7. The molecule has 0 saturated heterocycles. The van der Waals surface area contributed by atoms with E-state index in [0.29, 0.717) is 0 Å². The van der Waals surface area contributed by atoms with Gasteiger partial charge in [0.15, 0.2) is 0 Å². The standard InChI is InChI=1S/C15H21NO2/c1-10-7-6-8-11-9-12(18-13(10)11)14(16-4)15(2,3)17-5/h6-9,14,16H,1-5H3. The minimum atomic E-state index is -0.323. The van der Waals surface area contributed by atoms with E-state index in [2.05, 4.69) is 30.4 Å². The van der Waals surface area contributed by atoms with Crippen LogP contribution in [0.2, 0.25) is 0 Å². The summed E-state index contributed by atoms with van der Waals surface area (Å²) in [6.07, 6.45) is 0. The van der Waals surface area contributed by atoms with Gasteiger partial charge >= 0.3 is 0 Å². The van der Waals surface area contributed by atoms with E-state index in [1.165, 1.54) is 0 Å². The van der Waals surface area contributed by atoms with Crippen LogP contribution in [0.4, 0.5) is 0 Å². The first-order chi connectivity index (χ1) is 8.49. The molecule has 1 N–H and O–H groups in total. The number of furan rings is 1. The highest BCUT2D eigenvalue weighted by atomic mass is 16.5. The average molecular weight is 247 g/mol. The van der Waals surface area contributed by atoms with Gasteiger partial charge < -0.3 is 14.5 Å². The molecule has 0 radical (unpaired) electrons. The summed E-state index contributed by atoms with van der Waals surface area (Å²) >= 11 is 0. The number of nitrogens with one attached hydrogen (secondary N) is 1. The smallest absolute Gasteiger partial charge is 0.137 e. The van der Waals surface area contributed by atoms with Gasteiger partial charge in [-0.05, 0) is 39.4 Å². The quantitative estimate of drug-likeness (QED) is 0.899. The molecule has 0 aliphatic heterocycles. The number of methoxy groups -OCH3 is 1. The third-order valence-electron chi connectivity index (χ3n) is 3.55. The topological polar surface area (TPSA) is 34.4 Å². The van der Waals surface area contributed by atoms with E-state index >= 15 is 0 Å². The van der Waals surface area contributed by atoms with Gasteiger partial charge in [-0.2, -0.15) is 0 Å². The zero-order chi connectivity index (χ0) is 13.3. The Morgan fingerprint density at radius 2 is 2.06 bits per heavy atom. The molecule has 0 spiro atoms. The molecule has 18 heavy (non-hydrogen) atoms. The van der Waals surface area contributed by atoms with Crippen LogP contribution in [0.1, 0.15) is 31.2 Å². The van der Waals surface area contributed by atoms with Crippen molar-refractivity contribution >= 4 is 11.0 Å². The molecular formula is C15H21NO2. The van der Waals surface area contributed by atoms with Crippen molar-refractivity contribution in [3.8, 4) is 0 Å². The third-order valence-corrected chi connectivity index (χ3v) is 3.55. The van der Waals surface area contributed by atoms with Gasteiger partial charge in [0.05, 0.1) is 11.6 Å². The molecule has 98 valence electrons. The average Bonchev–Trinajstić information content (AvgIpc) is 2.74. The Morgan fingerprint density at radius 3 is 2.61 bits per heavy atom. The molecule has 1 aromatic carbocycles. The lowest BCUT2D eigenvalue weighted by molar-refractivity contribution is -0.0143. The molecule has 1 atom stereocenters. The summed E-state index contributed by atoms with van der Waals surface area (Å²) in [5.74, 6) is 0.911. The molecule has 0 aliphatic rings. The van der Waals surface area contributed by atoms with E-state index in [0.717, 1.165) is 22.3 Å². The van der Waals surface area contributed by atoms with E-state index in [1.807, 2.05) is 27.0 Å². The summed E-state index contributed by atoms with van der Waals surface area (Å²) in [6, 6.07) is 8.29. The number of likely N-dealkylation sites (N-methyl/N-ethyl adjacent to an activating group) is 1. The van der Waals surface area contributed by atoms with E-state index in [9.17, 15) is 0 Å². The van der Waals surface area contributed by atoms with Crippen molar-refractivity contribution < 1.29 is 9.15 Å². The molecule has 3 heteroatoms. The number of benzene rings is 1. The Kier molecular flexibility index (Phi) is 3.46. The molecule has 3 nitrogen and oxygen atoms in total. The highest BCUT2D eigenvalue weighted by Crippen LogP contribution is 2.33. The van der Waals surface area contributed by atoms with Gasteiger partial charge in [0.25, 0.3) is 0 Å². The van der Waals surface area contributed by atoms with Gasteiger partial charge in [-0.15, -0.1) is 0 Å². The molecule has 0 fully saturated rings. The lowest BCUT2D eigenvalue weighted by Gasteiger charge is -2.31. The summed E-state index contributed by atoms with van der Waals surface area (Å²) < 4.78 is 11.5. The predicted molar refractivity (Wildman–Crippen MR) is 73.8 cm³/mol. The van der Waals surface area contributed by atoms with Crippen molar-refractivity contribution in [2.75, 3.05) is 14.2 Å². The second-order valence-electron chi connectivity index (χ2n) is 5.17. The van der Waals surface area contributed by atoms with Gasteiger partial charge in [-0.1, -0.05) is 18.2 Å². The molecular weight excluding hydrogens is 226 g/mol. The number of hydrogen-bond acceptors (Lipinski definition) is 3. The fourth-order valence-corrected chi connectivity index (χ4v) is 2.32. The Morgan fingerprint density at radius 1 is 1.33 bits per heavy atom. The zero-order valence-corrected chi connectivity index (χ0v) is 11.7. The minimum absolute atomic E-state index is 0.0225. The largest absolute Gasteiger partial charge is 0.459 e. The summed E-state index contributed by atoms with van der Waals surface area (Å²) in [4.78, 5) is 0. The SMILES string of the molecule is CNC(c1cc2cccc(C)c2o1)C(C)(C)OC. The first-order valence-electron chi connectivity index (χ1n) is 6.21. The Hall–Kier alpha value is -1.32. The summed E-state index contributed by atoms with van der Waals surface area (Å²) in [5, 5.41) is 4.41.